The van der Waals surface area contributed by atoms with Crippen molar-refractivity contribution in [2.24, 2.45) is 0 Å². The highest BCUT2D eigenvalue weighted by atomic mass is 35.5. The van der Waals surface area contributed by atoms with Gasteiger partial charge in [0.15, 0.2) is 11.4 Å². The molecule has 0 saturated carbocycles. The van der Waals surface area contributed by atoms with Crippen molar-refractivity contribution in [3.63, 3.8) is 0 Å². The van der Waals surface area contributed by atoms with Crippen LogP contribution in [-0.4, -0.2) is 16.8 Å². The van der Waals surface area contributed by atoms with E-state index < -0.39 is 11.5 Å². The van der Waals surface area contributed by atoms with Gasteiger partial charge in [-0.3, -0.25) is 9.59 Å². The van der Waals surface area contributed by atoms with Crippen LogP contribution in [0.2, 0.25) is 5.02 Å². The fourth-order valence-electron chi connectivity index (χ4n) is 3.52. The number of Topliss-reactive ketones (excluding diaryl/α,β-unsaturated/α-hetero) is 1. The van der Waals surface area contributed by atoms with Gasteiger partial charge in [0.1, 0.15) is 0 Å². The third kappa shape index (κ3) is 3.26. The molecule has 4 nitrogen and oxygen atoms in total. The summed E-state index contributed by atoms with van der Waals surface area (Å²) in [5.41, 5.74) is -0.0380. The van der Waals surface area contributed by atoms with Crippen molar-refractivity contribution in [2.75, 3.05) is 4.90 Å². The van der Waals surface area contributed by atoms with Crippen LogP contribution in [0.15, 0.2) is 60.7 Å². The molecule has 3 aromatic rings. The van der Waals surface area contributed by atoms with Crippen molar-refractivity contribution in [2.45, 2.75) is 25.5 Å². The number of aryl methyl sites for hydroxylation is 1. The number of halogens is 1. The van der Waals surface area contributed by atoms with E-state index in [1.807, 2.05) is 43.3 Å². The molecule has 2 aromatic carbocycles. The van der Waals surface area contributed by atoms with Gasteiger partial charge in [-0.15, -0.1) is 11.3 Å². The molecule has 0 bridgehead atoms. The number of thiophene rings is 1. The topological polar surface area (TPSA) is 57.6 Å². The van der Waals surface area contributed by atoms with Gasteiger partial charge in [-0.05, 0) is 42.8 Å². The number of hydrogen-bond donors (Lipinski definition) is 1. The van der Waals surface area contributed by atoms with E-state index in [4.69, 9.17) is 11.6 Å². The minimum atomic E-state index is -1.93. The first-order valence-electron chi connectivity index (χ1n) is 8.86. The summed E-state index contributed by atoms with van der Waals surface area (Å²) in [5.74, 6) is -0.767. The van der Waals surface area contributed by atoms with Gasteiger partial charge in [0.2, 0.25) is 0 Å². The minimum Gasteiger partial charge on any atom is -0.375 e. The van der Waals surface area contributed by atoms with Gasteiger partial charge in [0, 0.05) is 15.5 Å². The van der Waals surface area contributed by atoms with E-state index in [2.05, 4.69) is 0 Å². The van der Waals surface area contributed by atoms with Gasteiger partial charge in [0.25, 0.3) is 5.91 Å². The lowest BCUT2D eigenvalue weighted by molar-refractivity contribution is -0.136. The lowest BCUT2D eigenvalue weighted by Crippen LogP contribution is -2.41. The van der Waals surface area contributed by atoms with Crippen molar-refractivity contribution < 1.29 is 14.7 Å². The predicted octanol–water partition coefficient (Wildman–Crippen LogP) is 4.72. The molecule has 6 heteroatoms. The van der Waals surface area contributed by atoms with Crippen LogP contribution in [0, 0.1) is 6.92 Å². The first kappa shape index (κ1) is 18.9. The quantitative estimate of drug-likeness (QED) is 0.618. The first-order chi connectivity index (χ1) is 13.4. The summed E-state index contributed by atoms with van der Waals surface area (Å²) < 4.78 is 0. The van der Waals surface area contributed by atoms with Crippen LogP contribution in [0.3, 0.4) is 0 Å². The zero-order valence-corrected chi connectivity index (χ0v) is 16.8. The lowest BCUT2D eigenvalue weighted by Gasteiger charge is -2.22. The monoisotopic (exact) mass is 411 g/mol. The fourth-order valence-corrected chi connectivity index (χ4v) is 4.50. The predicted molar refractivity (Wildman–Crippen MR) is 111 cm³/mol. The first-order valence-corrected chi connectivity index (χ1v) is 10.1. The molecule has 0 spiro atoms. The zero-order valence-electron chi connectivity index (χ0n) is 15.2. The van der Waals surface area contributed by atoms with Crippen molar-refractivity contribution in [3.05, 3.63) is 86.6 Å². The van der Waals surface area contributed by atoms with Crippen LogP contribution in [0.1, 0.15) is 32.1 Å². The summed E-state index contributed by atoms with van der Waals surface area (Å²) in [6.45, 7) is 2.22. The zero-order chi connectivity index (χ0) is 19.9. The van der Waals surface area contributed by atoms with E-state index in [9.17, 15) is 14.7 Å². The molecule has 0 unspecified atom stereocenters. The van der Waals surface area contributed by atoms with Crippen molar-refractivity contribution in [1.29, 1.82) is 0 Å². The number of aliphatic hydroxyl groups is 1. The second-order valence-corrected chi connectivity index (χ2v) is 8.63. The molecule has 142 valence electrons. The third-order valence-electron chi connectivity index (χ3n) is 4.91. The average molecular weight is 412 g/mol. The largest absolute Gasteiger partial charge is 0.375 e. The highest BCUT2D eigenvalue weighted by Gasteiger charge is 2.51. The maximum Gasteiger partial charge on any atom is 0.264 e. The second-order valence-electron chi connectivity index (χ2n) is 6.91. The second kappa shape index (κ2) is 7.17. The number of ketones is 1. The van der Waals surface area contributed by atoms with E-state index in [-0.39, 0.29) is 12.2 Å². The van der Waals surface area contributed by atoms with Crippen molar-refractivity contribution in [3.8, 4) is 0 Å². The van der Waals surface area contributed by atoms with Gasteiger partial charge in [-0.25, -0.2) is 0 Å². The summed E-state index contributed by atoms with van der Waals surface area (Å²) in [4.78, 5) is 29.1. The molecule has 28 heavy (non-hydrogen) atoms. The summed E-state index contributed by atoms with van der Waals surface area (Å²) in [7, 11) is 0. The van der Waals surface area contributed by atoms with Crippen molar-refractivity contribution >= 4 is 40.3 Å². The van der Waals surface area contributed by atoms with Crippen LogP contribution in [0.25, 0.3) is 0 Å². The Morgan fingerprint density at radius 2 is 1.89 bits per heavy atom. The summed E-state index contributed by atoms with van der Waals surface area (Å²) >= 11 is 7.49. The molecule has 4 rings (SSSR count). The Morgan fingerprint density at radius 3 is 2.57 bits per heavy atom. The van der Waals surface area contributed by atoms with Gasteiger partial charge in [-0.1, -0.05) is 41.9 Å². The van der Waals surface area contributed by atoms with Gasteiger partial charge in [-0.2, -0.15) is 0 Å². The molecule has 1 aliphatic heterocycles. The molecule has 0 aliphatic carbocycles. The smallest absolute Gasteiger partial charge is 0.264 e. The summed E-state index contributed by atoms with van der Waals surface area (Å²) in [5, 5.41) is 11.8. The Morgan fingerprint density at radius 1 is 1.14 bits per heavy atom. The van der Waals surface area contributed by atoms with Crippen molar-refractivity contribution in [1.82, 2.24) is 0 Å². The Labute approximate surface area is 172 Å². The normalized spacial score (nSPS) is 18.4. The third-order valence-corrected chi connectivity index (χ3v) is 6.19. The molecule has 1 atom stereocenters. The van der Waals surface area contributed by atoms with E-state index >= 15 is 0 Å². The Hall–Kier alpha value is -2.47. The van der Waals surface area contributed by atoms with E-state index in [0.29, 0.717) is 27.7 Å². The molecule has 1 amide bonds. The number of carbonyl (C=O) groups is 2. The molecule has 2 heterocycles. The van der Waals surface area contributed by atoms with Gasteiger partial charge in [0.05, 0.1) is 23.5 Å². The van der Waals surface area contributed by atoms with Crippen LogP contribution in [-0.2, 0) is 16.9 Å². The molecule has 1 aromatic heterocycles. The van der Waals surface area contributed by atoms with E-state index in [0.717, 1.165) is 10.4 Å². The minimum absolute atomic E-state index is 0.263. The average Bonchev–Trinajstić information content (AvgIpc) is 3.19. The van der Waals surface area contributed by atoms with E-state index in [1.54, 1.807) is 24.3 Å². The lowest BCUT2D eigenvalue weighted by atomic mass is 9.89. The Balaban J connectivity index is 1.72. The Bertz CT molecular complexity index is 1060. The molecule has 1 aliphatic rings. The number of rotatable bonds is 5. The van der Waals surface area contributed by atoms with Crippen LogP contribution in [0.4, 0.5) is 5.69 Å². The maximum atomic E-state index is 13.3. The molecule has 0 radical (unpaired) electrons. The number of fused-ring (bicyclic) bond motifs is 1. The summed E-state index contributed by atoms with van der Waals surface area (Å²) in [6.07, 6.45) is -0.315. The molecular weight excluding hydrogens is 394 g/mol. The van der Waals surface area contributed by atoms with Gasteiger partial charge < -0.3 is 10.0 Å². The number of benzene rings is 2. The van der Waals surface area contributed by atoms with Crippen LogP contribution < -0.4 is 4.90 Å². The molecular formula is C22H18ClNO3S. The molecule has 1 N–H and O–H groups in total. The van der Waals surface area contributed by atoms with Crippen LogP contribution >= 0.6 is 22.9 Å². The number of amides is 1. The highest BCUT2D eigenvalue weighted by Crippen LogP contribution is 2.45. The highest BCUT2D eigenvalue weighted by molar-refractivity contribution is 7.14. The maximum absolute atomic E-state index is 13.3. The van der Waals surface area contributed by atoms with Gasteiger partial charge >= 0.3 is 0 Å². The summed E-state index contributed by atoms with van der Waals surface area (Å²) in [6, 6.07) is 18.1. The SMILES string of the molecule is Cc1ccc(C(=O)C[C@@]2(O)C(=O)N(Cc3ccccc3)c3ccc(Cl)cc32)s1. The standard InChI is InChI=1S/C22H18ClNO3S/c1-14-7-10-20(28-14)19(25)12-22(27)17-11-16(23)8-9-18(17)24(21(22)26)13-15-5-3-2-4-6-15/h2-11,27H,12-13H2,1H3/t22-/m0/s1. The number of hydrogen-bond acceptors (Lipinski definition) is 4. The Kier molecular flexibility index (Phi) is 4.83. The van der Waals surface area contributed by atoms with E-state index in [1.165, 1.54) is 16.2 Å². The molecule has 0 fully saturated rings. The number of carbonyl (C=O) groups excluding carboxylic acids is 2. The number of nitrogens with zero attached hydrogens (tertiary/aromatic N) is 1. The molecule has 0 saturated heterocycles. The number of anilines is 1. The fraction of sp³-hybridized carbons (Fsp3) is 0.182. The van der Waals surface area contributed by atoms with Crippen LogP contribution in [0.5, 0.6) is 0 Å².